The predicted molar refractivity (Wildman–Crippen MR) is 52.6 cm³/mol. The second kappa shape index (κ2) is 3.14. The van der Waals surface area contributed by atoms with Gasteiger partial charge in [0.15, 0.2) is 0 Å². The van der Waals surface area contributed by atoms with Crippen molar-refractivity contribution in [3.8, 4) is 0 Å². The van der Waals surface area contributed by atoms with Crippen molar-refractivity contribution in [3.05, 3.63) is 30.2 Å². The first kappa shape index (κ1) is 8.74. The summed E-state index contributed by atoms with van der Waals surface area (Å²) in [5, 5.41) is 3.31. The van der Waals surface area contributed by atoms with Crippen LogP contribution in [0.25, 0.3) is 10.9 Å². The minimum absolute atomic E-state index is 0.216. The van der Waals surface area contributed by atoms with Crippen LogP contribution < -0.4 is 5.32 Å². The zero-order valence-electron chi connectivity index (χ0n) is 7.60. The summed E-state index contributed by atoms with van der Waals surface area (Å²) < 4.78 is 13.1. The monoisotopic (exact) mass is 192 g/mol. The average Bonchev–Trinajstić information content (AvgIpc) is 2.50. The van der Waals surface area contributed by atoms with Gasteiger partial charge in [0.1, 0.15) is 5.82 Å². The minimum atomic E-state index is -0.360. The van der Waals surface area contributed by atoms with Gasteiger partial charge in [0, 0.05) is 18.5 Å². The molecule has 1 aromatic heterocycles. The first-order valence-electron chi connectivity index (χ1n) is 4.21. The molecule has 0 atom stereocenters. The highest BCUT2D eigenvalue weighted by Gasteiger charge is 2.05. The van der Waals surface area contributed by atoms with Crippen LogP contribution in [0.4, 0.5) is 10.1 Å². The first-order chi connectivity index (χ1) is 6.66. The third-order valence-corrected chi connectivity index (χ3v) is 1.93. The van der Waals surface area contributed by atoms with Gasteiger partial charge in [-0.2, -0.15) is 0 Å². The van der Waals surface area contributed by atoms with Crippen molar-refractivity contribution in [2.75, 3.05) is 5.32 Å². The molecule has 0 saturated heterocycles. The summed E-state index contributed by atoms with van der Waals surface area (Å²) >= 11 is 0. The fraction of sp³-hybridized carbons (Fsp3) is 0.100. The highest BCUT2D eigenvalue weighted by molar-refractivity contribution is 5.99. The first-order valence-corrected chi connectivity index (χ1v) is 4.21. The Morgan fingerprint density at radius 3 is 3.00 bits per heavy atom. The Hall–Kier alpha value is -1.84. The van der Waals surface area contributed by atoms with Crippen LogP contribution >= 0.6 is 0 Å². The second-order valence-corrected chi connectivity index (χ2v) is 3.08. The van der Waals surface area contributed by atoms with E-state index in [4.69, 9.17) is 0 Å². The van der Waals surface area contributed by atoms with Crippen molar-refractivity contribution in [1.82, 2.24) is 4.98 Å². The number of H-pyrrole nitrogens is 1. The van der Waals surface area contributed by atoms with E-state index in [0.29, 0.717) is 5.69 Å². The molecule has 0 aliphatic rings. The molecule has 0 fully saturated rings. The number of aromatic amines is 1. The number of nitrogens with one attached hydrogen (secondary N) is 2. The minimum Gasteiger partial charge on any atom is -0.359 e. The van der Waals surface area contributed by atoms with Gasteiger partial charge >= 0.3 is 0 Å². The number of rotatable bonds is 1. The Labute approximate surface area is 79.9 Å². The van der Waals surface area contributed by atoms with Gasteiger partial charge in [-0.3, -0.25) is 4.79 Å². The molecule has 0 radical (unpaired) electrons. The van der Waals surface area contributed by atoms with Crippen LogP contribution in [-0.4, -0.2) is 10.9 Å². The van der Waals surface area contributed by atoms with Gasteiger partial charge in [-0.15, -0.1) is 0 Å². The number of carbonyl (C=O) groups is 1. The molecule has 0 aliphatic heterocycles. The molecular formula is C10H9FN2O. The molecule has 1 aromatic carbocycles. The van der Waals surface area contributed by atoms with Gasteiger partial charge in [0.05, 0.1) is 11.2 Å². The molecule has 2 aromatic rings. The SMILES string of the molecule is CC(=O)Nc1cc(F)cc2cc[nH]c12. The third kappa shape index (κ3) is 1.46. The number of hydrogen-bond donors (Lipinski definition) is 2. The summed E-state index contributed by atoms with van der Waals surface area (Å²) in [6.45, 7) is 1.39. The number of hydrogen-bond acceptors (Lipinski definition) is 1. The van der Waals surface area contributed by atoms with Crippen molar-refractivity contribution < 1.29 is 9.18 Å². The summed E-state index contributed by atoms with van der Waals surface area (Å²) in [4.78, 5) is 13.8. The number of carbonyl (C=O) groups excluding carboxylic acids is 1. The van der Waals surface area contributed by atoms with Gasteiger partial charge in [0.25, 0.3) is 0 Å². The van der Waals surface area contributed by atoms with Crippen molar-refractivity contribution in [3.63, 3.8) is 0 Å². The lowest BCUT2D eigenvalue weighted by Gasteiger charge is -2.03. The van der Waals surface area contributed by atoms with Crippen molar-refractivity contribution in [2.24, 2.45) is 0 Å². The maximum absolute atomic E-state index is 13.1. The molecule has 2 rings (SSSR count). The maximum atomic E-state index is 13.1. The molecule has 14 heavy (non-hydrogen) atoms. The smallest absolute Gasteiger partial charge is 0.221 e. The Kier molecular flexibility index (Phi) is 1.96. The average molecular weight is 192 g/mol. The lowest BCUT2D eigenvalue weighted by Crippen LogP contribution is -2.06. The summed E-state index contributed by atoms with van der Waals surface area (Å²) in [7, 11) is 0. The Morgan fingerprint density at radius 1 is 1.50 bits per heavy atom. The number of benzene rings is 1. The number of halogens is 1. The molecule has 72 valence electrons. The zero-order chi connectivity index (χ0) is 10.1. The fourth-order valence-corrected chi connectivity index (χ4v) is 1.42. The van der Waals surface area contributed by atoms with Crippen LogP contribution in [0.1, 0.15) is 6.92 Å². The van der Waals surface area contributed by atoms with Gasteiger partial charge in [0.2, 0.25) is 5.91 Å². The van der Waals surface area contributed by atoms with E-state index < -0.39 is 0 Å². The van der Waals surface area contributed by atoms with E-state index in [-0.39, 0.29) is 11.7 Å². The number of fused-ring (bicyclic) bond motifs is 1. The van der Waals surface area contributed by atoms with E-state index in [1.165, 1.54) is 19.1 Å². The third-order valence-electron chi connectivity index (χ3n) is 1.93. The maximum Gasteiger partial charge on any atom is 0.221 e. The van der Waals surface area contributed by atoms with Crippen molar-refractivity contribution >= 4 is 22.5 Å². The standard InChI is InChI=1S/C10H9FN2O/c1-6(14)13-9-5-8(11)4-7-2-3-12-10(7)9/h2-5,12H,1H3,(H,13,14). The molecule has 2 N–H and O–H groups in total. The summed E-state index contributed by atoms with van der Waals surface area (Å²) in [5.74, 6) is -0.577. The van der Waals surface area contributed by atoms with E-state index in [0.717, 1.165) is 10.9 Å². The van der Waals surface area contributed by atoms with E-state index >= 15 is 0 Å². The zero-order valence-corrected chi connectivity index (χ0v) is 7.60. The fourth-order valence-electron chi connectivity index (χ4n) is 1.42. The number of amides is 1. The molecule has 1 heterocycles. The highest BCUT2D eigenvalue weighted by Crippen LogP contribution is 2.23. The van der Waals surface area contributed by atoms with Crippen LogP contribution in [0, 0.1) is 5.82 Å². The normalized spacial score (nSPS) is 10.4. The van der Waals surface area contributed by atoms with E-state index in [1.807, 2.05) is 0 Å². The summed E-state index contributed by atoms with van der Waals surface area (Å²) in [6, 6.07) is 4.46. The number of aromatic nitrogens is 1. The van der Waals surface area contributed by atoms with Gasteiger partial charge in [-0.05, 0) is 18.2 Å². The van der Waals surface area contributed by atoms with Gasteiger partial charge < -0.3 is 10.3 Å². The summed E-state index contributed by atoms with van der Waals surface area (Å²) in [6.07, 6.45) is 1.70. The number of anilines is 1. The van der Waals surface area contributed by atoms with Crippen LogP contribution in [0.5, 0.6) is 0 Å². The lowest BCUT2D eigenvalue weighted by atomic mass is 10.2. The molecule has 0 aliphatic carbocycles. The molecule has 0 bridgehead atoms. The Bertz CT molecular complexity index is 490. The molecule has 1 amide bonds. The predicted octanol–water partition coefficient (Wildman–Crippen LogP) is 2.27. The lowest BCUT2D eigenvalue weighted by molar-refractivity contribution is -0.114. The van der Waals surface area contributed by atoms with Gasteiger partial charge in [-0.1, -0.05) is 0 Å². The van der Waals surface area contributed by atoms with Crippen LogP contribution in [0.3, 0.4) is 0 Å². The van der Waals surface area contributed by atoms with Crippen LogP contribution in [0.2, 0.25) is 0 Å². The van der Waals surface area contributed by atoms with Crippen LogP contribution in [-0.2, 0) is 4.79 Å². The van der Waals surface area contributed by atoms with Crippen molar-refractivity contribution in [1.29, 1.82) is 0 Å². The molecule has 0 unspecified atom stereocenters. The Morgan fingerprint density at radius 2 is 2.29 bits per heavy atom. The van der Waals surface area contributed by atoms with E-state index in [1.54, 1.807) is 12.3 Å². The molecular weight excluding hydrogens is 183 g/mol. The van der Waals surface area contributed by atoms with Crippen LogP contribution in [0.15, 0.2) is 24.4 Å². The second-order valence-electron chi connectivity index (χ2n) is 3.08. The van der Waals surface area contributed by atoms with Crippen molar-refractivity contribution in [2.45, 2.75) is 6.92 Å². The molecule has 3 nitrogen and oxygen atoms in total. The largest absolute Gasteiger partial charge is 0.359 e. The van der Waals surface area contributed by atoms with E-state index in [2.05, 4.69) is 10.3 Å². The quantitative estimate of drug-likeness (QED) is 0.715. The molecule has 4 heteroatoms. The molecule has 0 spiro atoms. The van der Waals surface area contributed by atoms with E-state index in [9.17, 15) is 9.18 Å². The topological polar surface area (TPSA) is 44.9 Å². The summed E-state index contributed by atoms with van der Waals surface area (Å²) in [5.41, 5.74) is 1.21. The molecule has 0 saturated carbocycles. The van der Waals surface area contributed by atoms with Gasteiger partial charge in [-0.25, -0.2) is 4.39 Å². The highest BCUT2D eigenvalue weighted by atomic mass is 19.1. The Balaban J connectivity index is 2.60.